The number of aryl methyl sites for hydroxylation is 1. The maximum absolute atomic E-state index is 10.7. The van der Waals surface area contributed by atoms with E-state index in [2.05, 4.69) is 0 Å². The number of thiophene rings is 1. The van der Waals surface area contributed by atoms with E-state index in [0.717, 1.165) is 9.75 Å². The van der Waals surface area contributed by atoms with Crippen molar-refractivity contribution in [2.24, 2.45) is 0 Å². The molecule has 1 rings (SSSR count). The van der Waals surface area contributed by atoms with E-state index < -0.39 is 5.97 Å². The minimum atomic E-state index is -0.817. The molecule has 0 bridgehead atoms. The first-order valence-corrected chi connectivity index (χ1v) is 4.67. The molecular formula is C9H12O2S. The van der Waals surface area contributed by atoms with E-state index >= 15 is 0 Å². The molecule has 1 aromatic heterocycles. The zero-order valence-electron chi connectivity index (χ0n) is 7.42. The van der Waals surface area contributed by atoms with Crippen molar-refractivity contribution < 1.29 is 9.90 Å². The molecule has 2 nitrogen and oxygen atoms in total. The fourth-order valence-corrected chi connectivity index (χ4v) is 2.14. The quantitative estimate of drug-likeness (QED) is 0.767. The molecule has 0 saturated carbocycles. The van der Waals surface area contributed by atoms with Crippen molar-refractivity contribution >= 4 is 17.3 Å². The third-order valence-corrected chi connectivity index (χ3v) is 2.99. The van der Waals surface area contributed by atoms with Gasteiger partial charge in [-0.05, 0) is 18.9 Å². The molecular weight excluding hydrogens is 172 g/mol. The molecule has 0 spiro atoms. The van der Waals surface area contributed by atoms with E-state index in [9.17, 15) is 4.79 Å². The van der Waals surface area contributed by atoms with Gasteiger partial charge in [0.1, 0.15) is 0 Å². The van der Waals surface area contributed by atoms with Crippen LogP contribution in [0.4, 0.5) is 0 Å². The first-order valence-electron chi connectivity index (χ1n) is 3.86. The first-order chi connectivity index (χ1) is 5.52. The van der Waals surface area contributed by atoms with Gasteiger partial charge in [0.25, 0.3) is 0 Å². The second-order valence-corrected chi connectivity index (χ2v) is 4.38. The molecule has 12 heavy (non-hydrogen) atoms. The van der Waals surface area contributed by atoms with Gasteiger partial charge in [-0.25, -0.2) is 4.79 Å². The van der Waals surface area contributed by atoms with Gasteiger partial charge in [-0.15, -0.1) is 11.3 Å². The number of hydrogen-bond donors (Lipinski definition) is 1. The Kier molecular flexibility index (Phi) is 2.52. The third-order valence-electron chi connectivity index (χ3n) is 1.64. The highest BCUT2D eigenvalue weighted by molar-refractivity contribution is 7.12. The van der Waals surface area contributed by atoms with E-state index in [1.54, 1.807) is 17.4 Å². The molecule has 0 saturated heterocycles. The van der Waals surface area contributed by atoms with Gasteiger partial charge in [0, 0.05) is 9.75 Å². The molecule has 0 amide bonds. The summed E-state index contributed by atoms with van der Waals surface area (Å²) in [5, 5.41) is 8.83. The summed E-state index contributed by atoms with van der Waals surface area (Å²) < 4.78 is 0. The number of carboxylic acid groups (broad SMARTS) is 1. The smallest absolute Gasteiger partial charge is 0.336 e. The van der Waals surface area contributed by atoms with E-state index in [0.29, 0.717) is 11.5 Å². The second-order valence-electron chi connectivity index (χ2n) is 3.09. The summed E-state index contributed by atoms with van der Waals surface area (Å²) in [7, 11) is 0. The molecule has 0 atom stereocenters. The number of hydrogen-bond acceptors (Lipinski definition) is 2. The second kappa shape index (κ2) is 3.27. The summed E-state index contributed by atoms with van der Waals surface area (Å²) in [6.45, 7) is 5.96. The van der Waals surface area contributed by atoms with Crippen LogP contribution in [0.25, 0.3) is 0 Å². The van der Waals surface area contributed by atoms with Gasteiger partial charge in [-0.2, -0.15) is 0 Å². The maximum Gasteiger partial charge on any atom is 0.336 e. The minimum absolute atomic E-state index is 0.301. The number of carboxylic acids is 1. The molecule has 66 valence electrons. The van der Waals surface area contributed by atoms with Gasteiger partial charge in [0.05, 0.1) is 5.56 Å². The molecule has 0 unspecified atom stereocenters. The van der Waals surface area contributed by atoms with Gasteiger partial charge in [-0.3, -0.25) is 0 Å². The Morgan fingerprint density at radius 2 is 2.17 bits per heavy atom. The minimum Gasteiger partial charge on any atom is -0.478 e. The third kappa shape index (κ3) is 1.67. The van der Waals surface area contributed by atoms with Crippen LogP contribution in [0.2, 0.25) is 0 Å². The van der Waals surface area contributed by atoms with Crippen molar-refractivity contribution in [2.75, 3.05) is 0 Å². The molecule has 1 aromatic rings. The van der Waals surface area contributed by atoms with Crippen LogP contribution in [0.1, 0.15) is 39.9 Å². The Labute approximate surface area is 75.9 Å². The molecule has 0 fully saturated rings. The van der Waals surface area contributed by atoms with Crippen molar-refractivity contribution in [1.82, 2.24) is 0 Å². The van der Waals surface area contributed by atoms with E-state index in [4.69, 9.17) is 5.11 Å². The van der Waals surface area contributed by atoms with Crippen molar-refractivity contribution in [3.05, 3.63) is 21.4 Å². The molecule has 3 heteroatoms. The summed E-state index contributed by atoms with van der Waals surface area (Å²) >= 11 is 1.57. The molecule has 1 heterocycles. The lowest BCUT2D eigenvalue weighted by Gasteiger charge is -2.01. The first kappa shape index (κ1) is 9.26. The summed E-state index contributed by atoms with van der Waals surface area (Å²) in [5.41, 5.74) is 0.465. The van der Waals surface area contributed by atoms with E-state index in [-0.39, 0.29) is 0 Å². The zero-order valence-corrected chi connectivity index (χ0v) is 8.23. The standard InChI is InChI=1S/C9H12O2S/c1-5(2)8-7(9(10)11)4-6(3)12-8/h4-5H,1-3H3,(H,10,11). The molecule has 0 aliphatic heterocycles. The predicted octanol–water partition coefficient (Wildman–Crippen LogP) is 2.88. The largest absolute Gasteiger partial charge is 0.478 e. The highest BCUT2D eigenvalue weighted by Gasteiger charge is 2.15. The van der Waals surface area contributed by atoms with Gasteiger partial charge in [-0.1, -0.05) is 13.8 Å². The average molecular weight is 184 g/mol. The van der Waals surface area contributed by atoms with Crippen molar-refractivity contribution in [3.8, 4) is 0 Å². The lowest BCUT2D eigenvalue weighted by atomic mass is 10.1. The average Bonchev–Trinajstić information content (AvgIpc) is 2.31. The topological polar surface area (TPSA) is 37.3 Å². The molecule has 0 aliphatic carbocycles. The van der Waals surface area contributed by atoms with Crippen molar-refractivity contribution in [1.29, 1.82) is 0 Å². The van der Waals surface area contributed by atoms with Crippen LogP contribution in [0.3, 0.4) is 0 Å². The lowest BCUT2D eigenvalue weighted by molar-refractivity contribution is 0.0696. The van der Waals surface area contributed by atoms with Gasteiger partial charge in [0.15, 0.2) is 0 Å². The summed E-state index contributed by atoms with van der Waals surface area (Å²) in [5.74, 6) is -0.516. The number of rotatable bonds is 2. The maximum atomic E-state index is 10.7. The summed E-state index contributed by atoms with van der Waals surface area (Å²) in [4.78, 5) is 12.8. The van der Waals surface area contributed by atoms with Crippen molar-refractivity contribution in [3.63, 3.8) is 0 Å². The Balaban J connectivity index is 3.17. The van der Waals surface area contributed by atoms with E-state index in [1.165, 1.54) is 0 Å². The zero-order chi connectivity index (χ0) is 9.30. The predicted molar refractivity (Wildman–Crippen MR) is 50.1 cm³/mol. The Bertz CT molecular complexity index is 299. The van der Waals surface area contributed by atoms with Gasteiger partial charge < -0.3 is 5.11 Å². The Morgan fingerprint density at radius 1 is 1.58 bits per heavy atom. The number of carbonyl (C=O) groups is 1. The fraction of sp³-hybridized carbons (Fsp3) is 0.444. The Morgan fingerprint density at radius 3 is 2.50 bits per heavy atom. The normalized spacial score (nSPS) is 10.7. The van der Waals surface area contributed by atoms with Gasteiger partial charge in [0.2, 0.25) is 0 Å². The number of aromatic carboxylic acids is 1. The van der Waals surface area contributed by atoms with Crippen LogP contribution in [-0.4, -0.2) is 11.1 Å². The van der Waals surface area contributed by atoms with Gasteiger partial charge >= 0.3 is 5.97 Å². The van der Waals surface area contributed by atoms with Crippen LogP contribution < -0.4 is 0 Å². The summed E-state index contributed by atoms with van der Waals surface area (Å²) in [6, 6.07) is 1.74. The Hall–Kier alpha value is -0.830. The molecule has 0 aliphatic rings. The van der Waals surface area contributed by atoms with Crippen LogP contribution in [0.15, 0.2) is 6.07 Å². The highest BCUT2D eigenvalue weighted by atomic mass is 32.1. The van der Waals surface area contributed by atoms with Crippen LogP contribution in [-0.2, 0) is 0 Å². The molecule has 1 N–H and O–H groups in total. The highest BCUT2D eigenvalue weighted by Crippen LogP contribution is 2.28. The van der Waals surface area contributed by atoms with Crippen LogP contribution in [0.5, 0.6) is 0 Å². The summed E-state index contributed by atoms with van der Waals surface area (Å²) in [6.07, 6.45) is 0. The fourth-order valence-electron chi connectivity index (χ4n) is 1.13. The van der Waals surface area contributed by atoms with Crippen molar-refractivity contribution in [2.45, 2.75) is 26.7 Å². The van der Waals surface area contributed by atoms with E-state index in [1.807, 2.05) is 20.8 Å². The van der Waals surface area contributed by atoms with Crippen LogP contribution in [0, 0.1) is 6.92 Å². The molecule has 0 radical (unpaired) electrons. The lowest BCUT2D eigenvalue weighted by Crippen LogP contribution is -1.98. The monoisotopic (exact) mass is 184 g/mol. The van der Waals surface area contributed by atoms with Crippen LogP contribution >= 0.6 is 11.3 Å². The molecule has 0 aromatic carbocycles. The SMILES string of the molecule is Cc1cc(C(=O)O)c(C(C)C)s1.